The summed E-state index contributed by atoms with van der Waals surface area (Å²) in [5, 5.41) is 15.2. The zero-order chi connectivity index (χ0) is 18.5. The van der Waals surface area contributed by atoms with Gasteiger partial charge >= 0.3 is 0 Å². The first-order valence-electron chi connectivity index (χ1n) is 8.16. The molecule has 0 aliphatic carbocycles. The minimum absolute atomic E-state index is 0.228. The number of rotatable bonds is 6. The number of amides is 1. The van der Waals surface area contributed by atoms with Crippen LogP contribution in [0.25, 0.3) is 11.4 Å². The van der Waals surface area contributed by atoms with E-state index in [1.807, 2.05) is 43.3 Å². The molecule has 7 nitrogen and oxygen atoms in total. The number of carbonyl (C=O) groups is 1. The Balaban J connectivity index is 1.67. The number of hydrogen-bond acceptors (Lipinski definition) is 5. The molecule has 0 saturated heterocycles. The Morgan fingerprint density at radius 1 is 1.19 bits per heavy atom. The normalized spacial score (nSPS) is 11.8. The largest absolute Gasteiger partial charge is 0.494 e. The quantitative estimate of drug-likeness (QED) is 0.663. The molecule has 26 heavy (non-hydrogen) atoms. The molecular weight excluding hydrogens is 398 g/mol. The Morgan fingerprint density at radius 2 is 1.88 bits per heavy atom. The SMILES string of the molecule is CCOc1ccc(NC(=O)[C@H](C)n2nnc(-c3ccc(Br)cc3)n2)cc1. The van der Waals surface area contributed by atoms with Crippen molar-refractivity contribution >= 4 is 27.5 Å². The van der Waals surface area contributed by atoms with Crippen LogP contribution in [0.1, 0.15) is 19.9 Å². The van der Waals surface area contributed by atoms with Gasteiger partial charge in [-0.2, -0.15) is 4.80 Å². The van der Waals surface area contributed by atoms with E-state index < -0.39 is 6.04 Å². The van der Waals surface area contributed by atoms with Gasteiger partial charge in [-0.3, -0.25) is 4.79 Å². The van der Waals surface area contributed by atoms with Crippen LogP contribution in [-0.4, -0.2) is 32.7 Å². The summed E-state index contributed by atoms with van der Waals surface area (Å²) in [7, 11) is 0. The van der Waals surface area contributed by atoms with E-state index in [-0.39, 0.29) is 5.91 Å². The van der Waals surface area contributed by atoms with E-state index in [9.17, 15) is 4.79 Å². The molecule has 134 valence electrons. The van der Waals surface area contributed by atoms with Crippen LogP contribution < -0.4 is 10.1 Å². The zero-order valence-corrected chi connectivity index (χ0v) is 16.0. The van der Waals surface area contributed by atoms with Gasteiger partial charge in [0.2, 0.25) is 5.82 Å². The number of carbonyl (C=O) groups excluding carboxylic acids is 1. The van der Waals surface area contributed by atoms with E-state index in [0.717, 1.165) is 15.8 Å². The number of halogens is 1. The third kappa shape index (κ3) is 4.26. The monoisotopic (exact) mass is 415 g/mol. The molecular formula is C18H18BrN5O2. The molecule has 8 heteroatoms. The Bertz CT molecular complexity index is 877. The number of anilines is 1. The average molecular weight is 416 g/mol. The van der Waals surface area contributed by atoms with Crippen molar-refractivity contribution in [3.05, 3.63) is 53.0 Å². The maximum Gasteiger partial charge on any atom is 0.250 e. The van der Waals surface area contributed by atoms with Gasteiger partial charge in [0.25, 0.3) is 5.91 Å². The topological polar surface area (TPSA) is 81.9 Å². The van der Waals surface area contributed by atoms with Gasteiger partial charge in [0.05, 0.1) is 6.61 Å². The Labute approximate surface area is 159 Å². The van der Waals surface area contributed by atoms with E-state index >= 15 is 0 Å². The van der Waals surface area contributed by atoms with Crippen LogP contribution in [0.4, 0.5) is 5.69 Å². The van der Waals surface area contributed by atoms with Gasteiger partial charge in [-0.1, -0.05) is 15.9 Å². The second kappa shape index (κ2) is 8.09. The van der Waals surface area contributed by atoms with Crippen molar-refractivity contribution in [1.82, 2.24) is 20.2 Å². The summed E-state index contributed by atoms with van der Waals surface area (Å²) in [5.74, 6) is 1.00. The lowest BCUT2D eigenvalue weighted by atomic mass is 10.2. The Morgan fingerprint density at radius 3 is 2.54 bits per heavy atom. The number of nitrogens with zero attached hydrogens (tertiary/aromatic N) is 4. The molecule has 1 atom stereocenters. The van der Waals surface area contributed by atoms with Crippen molar-refractivity contribution in [3.8, 4) is 17.1 Å². The molecule has 0 aliphatic heterocycles. The van der Waals surface area contributed by atoms with E-state index in [1.165, 1.54) is 4.80 Å². The van der Waals surface area contributed by atoms with Gasteiger partial charge in [-0.05, 0) is 67.6 Å². The minimum Gasteiger partial charge on any atom is -0.494 e. The first-order valence-corrected chi connectivity index (χ1v) is 8.95. The lowest BCUT2D eigenvalue weighted by Crippen LogP contribution is -2.25. The van der Waals surface area contributed by atoms with Gasteiger partial charge in [0, 0.05) is 15.7 Å². The average Bonchev–Trinajstić information content (AvgIpc) is 3.13. The molecule has 0 fully saturated rings. The summed E-state index contributed by atoms with van der Waals surface area (Å²) >= 11 is 3.39. The first kappa shape index (κ1) is 18.1. The van der Waals surface area contributed by atoms with Crippen LogP contribution in [0.15, 0.2) is 53.0 Å². The summed E-state index contributed by atoms with van der Waals surface area (Å²) in [6.07, 6.45) is 0. The predicted octanol–water partition coefficient (Wildman–Crippen LogP) is 3.70. The number of tetrazole rings is 1. The number of nitrogens with one attached hydrogen (secondary N) is 1. The maximum absolute atomic E-state index is 12.4. The molecule has 0 bridgehead atoms. The highest BCUT2D eigenvalue weighted by atomic mass is 79.9. The van der Waals surface area contributed by atoms with Gasteiger partial charge in [-0.25, -0.2) is 0 Å². The van der Waals surface area contributed by atoms with Crippen molar-refractivity contribution in [2.24, 2.45) is 0 Å². The van der Waals surface area contributed by atoms with Crippen LogP contribution in [0.5, 0.6) is 5.75 Å². The Kier molecular flexibility index (Phi) is 5.62. The van der Waals surface area contributed by atoms with Crippen LogP contribution in [0.3, 0.4) is 0 Å². The fraction of sp³-hybridized carbons (Fsp3) is 0.222. The summed E-state index contributed by atoms with van der Waals surface area (Å²) in [6, 6.07) is 14.2. The molecule has 0 saturated carbocycles. The maximum atomic E-state index is 12.4. The lowest BCUT2D eigenvalue weighted by Gasteiger charge is -2.11. The second-order valence-electron chi connectivity index (χ2n) is 5.56. The molecule has 0 spiro atoms. The molecule has 1 amide bonds. The molecule has 1 N–H and O–H groups in total. The summed E-state index contributed by atoms with van der Waals surface area (Å²) in [6.45, 7) is 4.24. The summed E-state index contributed by atoms with van der Waals surface area (Å²) in [4.78, 5) is 13.7. The predicted molar refractivity (Wildman–Crippen MR) is 102 cm³/mol. The molecule has 0 radical (unpaired) electrons. The lowest BCUT2D eigenvalue weighted by molar-refractivity contribution is -0.119. The van der Waals surface area contributed by atoms with Crippen molar-refractivity contribution in [2.75, 3.05) is 11.9 Å². The first-order chi connectivity index (χ1) is 12.6. The standard InChI is InChI=1S/C18H18BrN5O2/c1-3-26-16-10-8-15(9-11-16)20-18(25)12(2)24-22-17(21-23-24)13-4-6-14(19)7-5-13/h4-12H,3H2,1-2H3,(H,20,25)/t12-/m0/s1. The van der Waals surface area contributed by atoms with E-state index in [1.54, 1.807) is 19.1 Å². The molecule has 3 rings (SSSR count). The zero-order valence-electron chi connectivity index (χ0n) is 14.4. The fourth-order valence-corrected chi connectivity index (χ4v) is 2.52. The van der Waals surface area contributed by atoms with E-state index in [0.29, 0.717) is 18.1 Å². The minimum atomic E-state index is -0.599. The van der Waals surface area contributed by atoms with Gasteiger partial charge in [-0.15, -0.1) is 10.2 Å². The Hall–Kier alpha value is -2.74. The molecule has 2 aromatic carbocycles. The molecule has 0 aliphatic rings. The van der Waals surface area contributed by atoms with Crippen molar-refractivity contribution in [1.29, 1.82) is 0 Å². The van der Waals surface area contributed by atoms with Crippen molar-refractivity contribution in [3.63, 3.8) is 0 Å². The van der Waals surface area contributed by atoms with Crippen molar-refractivity contribution < 1.29 is 9.53 Å². The molecule has 1 heterocycles. The van der Waals surface area contributed by atoms with Crippen LogP contribution in [-0.2, 0) is 4.79 Å². The van der Waals surface area contributed by atoms with Gasteiger partial charge in [0.1, 0.15) is 11.8 Å². The number of benzene rings is 2. The number of ether oxygens (including phenoxy) is 1. The number of aromatic nitrogens is 4. The van der Waals surface area contributed by atoms with Crippen LogP contribution in [0, 0.1) is 0 Å². The summed E-state index contributed by atoms with van der Waals surface area (Å²) < 4.78 is 6.36. The van der Waals surface area contributed by atoms with E-state index in [4.69, 9.17) is 4.74 Å². The third-order valence-corrected chi connectivity index (χ3v) is 4.22. The highest BCUT2D eigenvalue weighted by Crippen LogP contribution is 2.19. The third-order valence-electron chi connectivity index (χ3n) is 3.69. The van der Waals surface area contributed by atoms with Crippen LogP contribution in [0.2, 0.25) is 0 Å². The van der Waals surface area contributed by atoms with Gasteiger partial charge < -0.3 is 10.1 Å². The molecule has 1 aromatic heterocycles. The second-order valence-corrected chi connectivity index (χ2v) is 6.48. The molecule has 3 aromatic rings. The fourth-order valence-electron chi connectivity index (χ4n) is 2.26. The van der Waals surface area contributed by atoms with Crippen molar-refractivity contribution in [2.45, 2.75) is 19.9 Å². The smallest absolute Gasteiger partial charge is 0.250 e. The summed E-state index contributed by atoms with van der Waals surface area (Å²) in [5.41, 5.74) is 1.51. The van der Waals surface area contributed by atoms with E-state index in [2.05, 4.69) is 36.7 Å². The molecule has 0 unspecified atom stereocenters. The van der Waals surface area contributed by atoms with Crippen LogP contribution >= 0.6 is 15.9 Å². The highest BCUT2D eigenvalue weighted by molar-refractivity contribution is 9.10. The highest BCUT2D eigenvalue weighted by Gasteiger charge is 2.19. The van der Waals surface area contributed by atoms with Gasteiger partial charge in [0.15, 0.2) is 0 Å². The number of hydrogen-bond donors (Lipinski definition) is 1.